The Morgan fingerprint density at radius 1 is 1.04 bits per heavy atom. The van der Waals surface area contributed by atoms with E-state index in [1.165, 1.54) is 5.56 Å². The van der Waals surface area contributed by atoms with E-state index >= 15 is 0 Å². The highest BCUT2D eigenvalue weighted by atomic mass is 32.2. The molecule has 3 rings (SSSR count). The van der Waals surface area contributed by atoms with Crippen LogP contribution >= 0.6 is 11.8 Å². The minimum atomic E-state index is 0.0723. The maximum atomic E-state index is 12.3. The summed E-state index contributed by atoms with van der Waals surface area (Å²) >= 11 is 1.57. The van der Waals surface area contributed by atoms with E-state index in [1.807, 2.05) is 36.4 Å². The molecule has 0 bridgehead atoms. The van der Waals surface area contributed by atoms with Gasteiger partial charge in [-0.1, -0.05) is 48.5 Å². The highest BCUT2D eigenvalue weighted by Crippen LogP contribution is 2.21. The van der Waals surface area contributed by atoms with Crippen LogP contribution in [0.2, 0.25) is 0 Å². The number of carbonyl (C=O) groups excluding carboxylic acids is 1. The second-order valence-corrected chi connectivity index (χ2v) is 7.03. The van der Waals surface area contributed by atoms with Crippen molar-refractivity contribution in [3.05, 3.63) is 66.2 Å². The van der Waals surface area contributed by atoms with E-state index in [0.717, 1.165) is 31.2 Å². The van der Waals surface area contributed by atoms with Crippen molar-refractivity contribution in [3.8, 4) is 0 Å². The summed E-state index contributed by atoms with van der Waals surface area (Å²) in [7, 11) is 0. The van der Waals surface area contributed by atoms with Crippen molar-refractivity contribution in [1.29, 1.82) is 0 Å². The number of ether oxygens (including phenoxy) is 1. The Bertz CT molecular complexity index is 645. The van der Waals surface area contributed by atoms with E-state index in [2.05, 4.69) is 34.5 Å². The zero-order chi connectivity index (χ0) is 17.3. The zero-order valence-corrected chi connectivity index (χ0v) is 15.1. The Kier molecular flexibility index (Phi) is 6.91. The number of nitrogens with one attached hydrogen (secondary N) is 1. The lowest BCUT2D eigenvalue weighted by Gasteiger charge is -2.34. The fourth-order valence-electron chi connectivity index (χ4n) is 2.95. The third-order valence-corrected chi connectivity index (χ3v) is 5.29. The first kappa shape index (κ1) is 18.0. The number of nitrogens with zero attached hydrogens (tertiary/aromatic N) is 1. The lowest BCUT2D eigenvalue weighted by molar-refractivity contribution is -0.118. The quantitative estimate of drug-likeness (QED) is 0.775. The number of morpholine rings is 1. The summed E-state index contributed by atoms with van der Waals surface area (Å²) < 4.78 is 5.47. The van der Waals surface area contributed by atoms with Gasteiger partial charge in [0.25, 0.3) is 0 Å². The molecule has 0 radical (unpaired) electrons. The molecule has 1 unspecified atom stereocenters. The van der Waals surface area contributed by atoms with Crippen LogP contribution in [0.5, 0.6) is 0 Å². The van der Waals surface area contributed by atoms with Crippen LogP contribution in [0.4, 0.5) is 0 Å². The molecular formula is C20H24N2O2S. The number of hydrogen-bond donors (Lipinski definition) is 1. The van der Waals surface area contributed by atoms with Crippen molar-refractivity contribution in [2.24, 2.45) is 0 Å². The first-order valence-electron chi connectivity index (χ1n) is 8.64. The molecule has 132 valence electrons. The van der Waals surface area contributed by atoms with Crippen LogP contribution in [0.1, 0.15) is 11.6 Å². The molecule has 1 fully saturated rings. The van der Waals surface area contributed by atoms with Gasteiger partial charge in [0.05, 0.1) is 25.0 Å². The summed E-state index contributed by atoms with van der Waals surface area (Å²) in [6, 6.07) is 20.6. The second-order valence-electron chi connectivity index (χ2n) is 5.98. The normalized spacial score (nSPS) is 16.3. The van der Waals surface area contributed by atoms with Crippen LogP contribution in [0.25, 0.3) is 0 Å². The van der Waals surface area contributed by atoms with Gasteiger partial charge < -0.3 is 10.1 Å². The predicted octanol–water partition coefficient (Wildman–Crippen LogP) is 2.97. The summed E-state index contributed by atoms with van der Waals surface area (Å²) in [5.74, 6) is 0.511. The predicted molar refractivity (Wildman–Crippen MR) is 102 cm³/mol. The maximum absolute atomic E-state index is 12.3. The van der Waals surface area contributed by atoms with Crippen LogP contribution < -0.4 is 5.32 Å². The molecule has 2 aromatic rings. The molecule has 1 amide bonds. The number of thioether (sulfide) groups is 1. The van der Waals surface area contributed by atoms with E-state index in [-0.39, 0.29) is 11.9 Å². The van der Waals surface area contributed by atoms with E-state index in [9.17, 15) is 4.79 Å². The second kappa shape index (κ2) is 9.61. The molecule has 1 atom stereocenters. The van der Waals surface area contributed by atoms with Gasteiger partial charge in [0.1, 0.15) is 0 Å². The number of amides is 1. The average Bonchev–Trinajstić information content (AvgIpc) is 2.69. The summed E-state index contributed by atoms with van der Waals surface area (Å²) in [4.78, 5) is 15.8. The van der Waals surface area contributed by atoms with Crippen molar-refractivity contribution >= 4 is 17.7 Å². The van der Waals surface area contributed by atoms with Gasteiger partial charge in [0.15, 0.2) is 0 Å². The molecule has 1 N–H and O–H groups in total. The van der Waals surface area contributed by atoms with Gasteiger partial charge in [0.2, 0.25) is 5.91 Å². The van der Waals surface area contributed by atoms with Crippen LogP contribution in [-0.4, -0.2) is 49.4 Å². The highest BCUT2D eigenvalue weighted by molar-refractivity contribution is 8.00. The largest absolute Gasteiger partial charge is 0.379 e. The van der Waals surface area contributed by atoms with Gasteiger partial charge in [-0.2, -0.15) is 0 Å². The highest BCUT2D eigenvalue weighted by Gasteiger charge is 2.22. The molecule has 0 saturated carbocycles. The summed E-state index contributed by atoms with van der Waals surface area (Å²) in [5.41, 5.74) is 1.24. The Hall–Kier alpha value is -1.82. The number of rotatable bonds is 7. The molecule has 1 aliphatic heterocycles. The van der Waals surface area contributed by atoms with E-state index < -0.39 is 0 Å². The van der Waals surface area contributed by atoms with Gasteiger partial charge in [-0.15, -0.1) is 11.8 Å². The fourth-order valence-corrected chi connectivity index (χ4v) is 3.70. The minimum Gasteiger partial charge on any atom is -0.379 e. The standard InChI is InChI=1S/C20H24N2O2S/c23-20(16-25-18-9-5-2-6-10-18)21-15-19(17-7-3-1-4-8-17)22-11-13-24-14-12-22/h1-10,19H,11-16H2,(H,21,23). The van der Waals surface area contributed by atoms with E-state index in [4.69, 9.17) is 4.74 Å². The van der Waals surface area contributed by atoms with Gasteiger partial charge in [-0.3, -0.25) is 9.69 Å². The SMILES string of the molecule is O=C(CSc1ccccc1)NCC(c1ccccc1)N1CCOCC1. The molecule has 0 spiro atoms. The monoisotopic (exact) mass is 356 g/mol. The molecule has 4 nitrogen and oxygen atoms in total. The van der Waals surface area contributed by atoms with E-state index in [1.54, 1.807) is 11.8 Å². The van der Waals surface area contributed by atoms with Crippen molar-refractivity contribution < 1.29 is 9.53 Å². The lowest BCUT2D eigenvalue weighted by atomic mass is 10.0. The van der Waals surface area contributed by atoms with Crippen LogP contribution in [0.3, 0.4) is 0 Å². The first-order valence-corrected chi connectivity index (χ1v) is 9.63. The third-order valence-electron chi connectivity index (χ3n) is 4.28. The molecule has 1 heterocycles. The van der Waals surface area contributed by atoms with Crippen LogP contribution in [0.15, 0.2) is 65.6 Å². The third kappa shape index (κ3) is 5.59. The van der Waals surface area contributed by atoms with Crippen LogP contribution in [-0.2, 0) is 9.53 Å². The van der Waals surface area contributed by atoms with Crippen molar-refractivity contribution in [3.63, 3.8) is 0 Å². The first-order chi connectivity index (χ1) is 12.3. The molecule has 1 aliphatic rings. The zero-order valence-electron chi connectivity index (χ0n) is 14.3. The smallest absolute Gasteiger partial charge is 0.230 e. The molecule has 0 aromatic heterocycles. The number of carbonyl (C=O) groups is 1. The molecule has 2 aromatic carbocycles. The Balaban J connectivity index is 1.55. The molecule has 1 saturated heterocycles. The average molecular weight is 356 g/mol. The maximum Gasteiger partial charge on any atom is 0.230 e. The number of benzene rings is 2. The Morgan fingerprint density at radius 2 is 1.68 bits per heavy atom. The van der Waals surface area contributed by atoms with Gasteiger partial charge in [-0.05, 0) is 17.7 Å². The Labute approximate surface area is 153 Å². The molecule has 5 heteroatoms. The fraction of sp³-hybridized carbons (Fsp3) is 0.350. The van der Waals surface area contributed by atoms with Crippen molar-refractivity contribution in [1.82, 2.24) is 10.2 Å². The van der Waals surface area contributed by atoms with Gasteiger partial charge >= 0.3 is 0 Å². The topological polar surface area (TPSA) is 41.6 Å². The van der Waals surface area contributed by atoms with Gasteiger partial charge in [0, 0.05) is 24.5 Å². The molecular weight excluding hydrogens is 332 g/mol. The summed E-state index contributed by atoms with van der Waals surface area (Å²) in [6.07, 6.45) is 0. The summed E-state index contributed by atoms with van der Waals surface area (Å²) in [5, 5.41) is 3.11. The lowest BCUT2D eigenvalue weighted by Crippen LogP contribution is -2.44. The molecule has 0 aliphatic carbocycles. The molecule has 25 heavy (non-hydrogen) atoms. The van der Waals surface area contributed by atoms with Crippen molar-refractivity contribution in [2.75, 3.05) is 38.6 Å². The minimum absolute atomic E-state index is 0.0723. The Morgan fingerprint density at radius 3 is 2.36 bits per heavy atom. The van der Waals surface area contributed by atoms with Crippen molar-refractivity contribution in [2.45, 2.75) is 10.9 Å². The number of hydrogen-bond acceptors (Lipinski definition) is 4. The van der Waals surface area contributed by atoms with Gasteiger partial charge in [-0.25, -0.2) is 0 Å². The van der Waals surface area contributed by atoms with Crippen LogP contribution in [0, 0.1) is 0 Å². The summed E-state index contributed by atoms with van der Waals surface area (Å²) in [6.45, 7) is 3.92. The van der Waals surface area contributed by atoms with E-state index in [0.29, 0.717) is 12.3 Å².